The van der Waals surface area contributed by atoms with Crippen molar-refractivity contribution in [3.05, 3.63) is 82.3 Å². The highest BCUT2D eigenvalue weighted by molar-refractivity contribution is 5.85. The Hall–Kier alpha value is -3.67. The molecule has 146 valence electrons. The molecule has 0 saturated carbocycles. The first-order chi connectivity index (χ1) is 14.0. The molecule has 0 bridgehead atoms. The van der Waals surface area contributed by atoms with E-state index in [1.807, 2.05) is 61.5 Å². The number of nitrogens with zero attached hydrogens (tertiary/aromatic N) is 2. The Labute approximate surface area is 167 Å². The predicted molar refractivity (Wildman–Crippen MR) is 113 cm³/mol. The van der Waals surface area contributed by atoms with Gasteiger partial charge in [-0.2, -0.15) is 5.10 Å². The topological polar surface area (TPSA) is 73.2 Å². The van der Waals surface area contributed by atoms with E-state index in [9.17, 15) is 9.59 Å². The minimum Gasteiger partial charge on any atom is -0.497 e. The van der Waals surface area contributed by atoms with E-state index >= 15 is 0 Å². The van der Waals surface area contributed by atoms with Crippen LogP contribution in [0.3, 0.4) is 0 Å². The number of carbonyl (C=O) groups is 1. The molecule has 0 aliphatic carbocycles. The fraction of sp³-hybridized carbons (Fsp3) is 0.174. The highest BCUT2D eigenvalue weighted by atomic mass is 16.5. The molecule has 6 heteroatoms. The van der Waals surface area contributed by atoms with Gasteiger partial charge >= 0.3 is 0 Å². The molecule has 1 N–H and O–H groups in total. The summed E-state index contributed by atoms with van der Waals surface area (Å²) in [5, 5.41) is 10.7. The lowest BCUT2D eigenvalue weighted by molar-refractivity contribution is -0.122. The Morgan fingerprint density at radius 2 is 1.76 bits per heavy atom. The number of amides is 1. The molecule has 0 saturated heterocycles. The number of nitrogens with one attached hydrogen (secondary N) is 1. The van der Waals surface area contributed by atoms with Gasteiger partial charge < -0.3 is 10.1 Å². The van der Waals surface area contributed by atoms with Crippen molar-refractivity contribution in [1.82, 2.24) is 15.1 Å². The maximum Gasteiger partial charge on any atom is 0.275 e. The molecule has 1 amide bonds. The van der Waals surface area contributed by atoms with Crippen LogP contribution >= 0.6 is 0 Å². The zero-order valence-corrected chi connectivity index (χ0v) is 16.3. The number of benzene rings is 3. The molecule has 4 aromatic rings. The first-order valence-corrected chi connectivity index (χ1v) is 9.35. The maximum atomic E-state index is 12.6. The third-order valence-corrected chi connectivity index (χ3v) is 4.95. The van der Waals surface area contributed by atoms with Gasteiger partial charge in [-0.3, -0.25) is 9.59 Å². The Morgan fingerprint density at radius 3 is 2.55 bits per heavy atom. The molecule has 29 heavy (non-hydrogen) atoms. The van der Waals surface area contributed by atoms with E-state index in [0.29, 0.717) is 11.9 Å². The third-order valence-electron chi connectivity index (χ3n) is 4.95. The normalized spacial score (nSPS) is 11.0. The summed E-state index contributed by atoms with van der Waals surface area (Å²) in [6.07, 6.45) is 0. The lowest BCUT2D eigenvalue weighted by Crippen LogP contribution is -2.33. The van der Waals surface area contributed by atoms with Crippen LogP contribution in [0.2, 0.25) is 0 Å². The van der Waals surface area contributed by atoms with Crippen molar-refractivity contribution < 1.29 is 9.53 Å². The van der Waals surface area contributed by atoms with Crippen LogP contribution in [0.5, 0.6) is 5.75 Å². The zero-order chi connectivity index (χ0) is 20.4. The summed E-state index contributed by atoms with van der Waals surface area (Å²) in [5.74, 6) is 0.547. The standard InChI is InChI=1S/C23H21N3O3/c1-15-20-5-3-4-6-21(20)23(28)26(25-15)14-22(27)24-13-16-7-8-18-12-19(29-2)10-9-17(18)11-16/h3-12H,13-14H2,1-2H3,(H,24,27). The highest BCUT2D eigenvalue weighted by Gasteiger charge is 2.11. The molecular weight excluding hydrogens is 366 g/mol. The zero-order valence-electron chi connectivity index (χ0n) is 16.3. The van der Waals surface area contributed by atoms with Crippen molar-refractivity contribution in [1.29, 1.82) is 0 Å². The average Bonchev–Trinajstić information content (AvgIpc) is 2.75. The fourth-order valence-corrected chi connectivity index (χ4v) is 3.41. The van der Waals surface area contributed by atoms with E-state index in [2.05, 4.69) is 10.4 Å². The molecule has 3 aromatic carbocycles. The molecule has 4 rings (SSSR count). The van der Waals surface area contributed by atoms with Crippen LogP contribution in [0, 0.1) is 6.92 Å². The molecule has 1 aromatic heterocycles. The minimum absolute atomic E-state index is 0.116. The molecule has 0 spiro atoms. The van der Waals surface area contributed by atoms with Gasteiger partial charge in [0.25, 0.3) is 5.56 Å². The Balaban J connectivity index is 1.48. The molecule has 0 fully saturated rings. The minimum atomic E-state index is -0.263. The average molecular weight is 387 g/mol. The summed E-state index contributed by atoms with van der Waals surface area (Å²) in [6, 6.07) is 19.1. The quantitative estimate of drug-likeness (QED) is 0.571. The van der Waals surface area contributed by atoms with Crippen LogP contribution in [0.15, 0.2) is 65.5 Å². The van der Waals surface area contributed by atoms with E-state index < -0.39 is 0 Å². The van der Waals surface area contributed by atoms with Crippen LogP contribution in [-0.4, -0.2) is 22.8 Å². The molecule has 6 nitrogen and oxygen atoms in total. The Morgan fingerprint density at radius 1 is 1.03 bits per heavy atom. The van der Waals surface area contributed by atoms with Crippen LogP contribution in [0.25, 0.3) is 21.5 Å². The van der Waals surface area contributed by atoms with Gasteiger partial charge in [0.2, 0.25) is 5.91 Å². The summed E-state index contributed by atoms with van der Waals surface area (Å²) >= 11 is 0. The van der Waals surface area contributed by atoms with Crippen LogP contribution in [-0.2, 0) is 17.9 Å². The van der Waals surface area contributed by atoms with Crippen molar-refractivity contribution in [3.63, 3.8) is 0 Å². The third kappa shape index (κ3) is 3.82. The van der Waals surface area contributed by atoms with Gasteiger partial charge in [0.1, 0.15) is 12.3 Å². The van der Waals surface area contributed by atoms with Crippen LogP contribution in [0.4, 0.5) is 0 Å². The van der Waals surface area contributed by atoms with Crippen LogP contribution < -0.4 is 15.6 Å². The Bertz CT molecular complexity index is 1280. The van der Waals surface area contributed by atoms with Gasteiger partial charge in [-0.05, 0) is 47.5 Å². The van der Waals surface area contributed by atoms with Crippen molar-refractivity contribution in [2.75, 3.05) is 7.11 Å². The van der Waals surface area contributed by atoms with Gasteiger partial charge in [0.15, 0.2) is 0 Å². The molecule has 0 aliphatic heterocycles. The van der Waals surface area contributed by atoms with Crippen molar-refractivity contribution in [2.24, 2.45) is 0 Å². The predicted octanol–water partition coefficient (Wildman–Crippen LogP) is 3.18. The van der Waals surface area contributed by atoms with Crippen LogP contribution in [0.1, 0.15) is 11.3 Å². The molecule has 1 heterocycles. The van der Waals surface area contributed by atoms with Gasteiger partial charge in [0.05, 0.1) is 18.2 Å². The van der Waals surface area contributed by atoms with Crippen molar-refractivity contribution in [2.45, 2.75) is 20.0 Å². The maximum absolute atomic E-state index is 12.6. The van der Waals surface area contributed by atoms with Crippen molar-refractivity contribution >= 4 is 27.5 Å². The second kappa shape index (κ2) is 7.75. The number of rotatable bonds is 5. The molecule has 0 radical (unpaired) electrons. The number of methoxy groups -OCH3 is 1. The number of fused-ring (bicyclic) bond motifs is 2. The van der Waals surface area contributed by atoms with E-state index in [0.717, 1.165) is 33.2 Å². The second-order valence-corrected chi connectivity index (χ2v) is 6.92. The lowest BCUT2D eigenvalue weighted by atomic mass is 10.1. The number of carbonyl (C=O) groups excluding carboxylic acids is 1. The lowest BCUT2D eigenvalue weighted by Gasteiger charge is -2.10. The van der Waals surface area contributed by atoms with Gasteiger partial charge in [-0.15, -0.1) is 0 Å². The summed E-state index contributed by atoms with van der Waals surface area (Å²) in [5.41, 5.74) is 1.44. The summed E-state index contributed by atoms with van der Waals surface area (Å²) < 4.78 is 6.46. The highest BCUT2D eigenvalue weighted by Crippen LogP contribution is 2.21. The molecule has 0 aliphatic rings. The second-order valence-electron chi connectivity index (χ2n) is 6.92. The number of aromatic nitrogens is 2. The fourth-order valence-electron chi connectivity index (χ4n) is 3.41. The molecule has 0 unspecified atom stereocenters. The monoisotopic (exact) mass is 387 g/mol. The summed E-state index contributed by atoms with van der Waals surface area (Å²) in [7, 11) is 1.64. The van der Waals surface area contributed by atoms with E-state index in [1.165, 1.54) is 4.68 Å². The van der Waals surface area contributed by atoms with Gasteiger partial charge in [-0.1, -0.05) is 36.4 Å². The van der Waals surface area contributed by atoms with E-state index in [1.54, 1.807) is 13.2 Å². The molecule has 0 atom stereocenters. The smallest absolute Gasteiger partial charge is 0.275 e. The number of hydrogen-bond acceptors (Lipinski definition) is 4. The summed E-state index contributed by atoms with van der Waals surface area (Å²) in [6.45, 7) is 2.09. The Kier molecular flexibility index (Phi) is 4.99. The SMILES string of the molecule is COc1ccc2cc(CNC(=O)Cn3nc(C)c4ccccc4c3=O)ccc2c1. The number of hydrogen-bond donors (Lipinski definition) is 1. The van der Waals surface area contributed by atoms with E-state index in [4.69, 9.17) is 4.74 Å². The summed E-state index contributed by atoms with van der Waals surface area (Å²) in [4.78, 5) is 25.0. The molecular formula is C23H21N3O3. The van der Waals surface area contributed by atoms with Crippen molar-refractivity contribution in [3.8, 4) is 5.75 Å². The first-order valence-electron chi connectivity index (χ1n) is 9.35. The number of aryl methyl sites for hydroxylation is 1. The van der Waals surface area contributed by atoms with Gasteiger partial charge in [-0.25, -0.2) is 4.68 Å². The van der Waals surface area contributed by atoms with E-state index in [-0.39, 0.29) is 18.0 Å². The number of ether oxygens (including phenoxy) is 1. The largest absolute Gasteiger partial charge is 0.497 e. The van der Waals surface area contributed by atoms with Gasteiger partial charge in [0, 0.05) is 11.9 Å². The first kappa shape index (κ1) is 18.7.